The second-order valence-corrected chi connectivity index (χ2v) is 9.40. The Morgan fingerprint density at radius 1 is 1.10 bits per heavy atom. The molecular formula is C21H25N3O3S2. The molecule has 0 saturated carbocycles. The molecule has 0 radical (unpaired) electrons. The Morgan fingerprint density at radius 3 is 2.66 bits per heavy atom. The molecule has 2 N–H and O–H groups in total. The van der Waals surface area contributed by atoms with Gasteiger partial charge in [-0.25, -0.2) is 8.42 Å². The van der Waals surface area contributed by atoms with E-state index in [1.807, 2.05) is 18.4 Å². The standard InChI is InChI=1S/C21H25N3O3S2/c1-28-15-16-9-11-17(12-10-16)21(25)23-18-6-5-7-19(14-18)29(26,27)24-20-8-3-2-4-13-22-20/h5-7,9-12,14H,2-4,8,13,15H2,1H3,(H,22,24)(H,23,25). The van der Waals surface area contributed by atoms with Crippen LogP contribution in [0.2, 0.25) is 0 Å². The Kier molecular flexibility index (Phi) is 7.33. The van der Waals surface area contributed by atoms with Crippen molar-refractivity contribution < 1.29 is 13.2 Å². The third kappa shape index (κ3) is 6.08. The lowest BCUT2D eigenvalue weighted by Crippen LogP contribution is -2.30. The molecule has 0 spiro atoms. The van der Waals surface area contributed by atoms with Crippen LogP contribution in [0.15, 0.2) is 58.4 Å². The number of carbonyl (C=O) groups excluding carboxylic acids is 1. The number of hydrogen-bond donors (Lipinski definition) is 2. The molecule has 3 rings (SSSR count). The fraction of sp³-hybridized carbons (Fsp3) is 0.333. The van der Waals surface area contributed by atoms with Gasteiger partial charge in [-0.15, -0.1) is 0 Å². The molecule has 1 amide bonds. The molecule has 0 unspecified atom stereocenters. The fourth-order valence-corrected chi connectivity index (χ4v) is 4.69. The first-order valence-corrected chi connectivity index (χ1v) is 12.4. The number of nitrogens with zero attached hydrogens (tertiary/aromatic N) is 1. The van der Waals surface area contributed by atoms with Crippen molar-refractivity contribution in [1.82, 2.24) is 4.72 Å². The summed E-state index contributed by atoms with van der Waals surface area (Å²) in [7, 11) is -3.75. The Balaban J connectivity index is 1.71. The molecule has 0 aliphatic carbocycles. The Hall–Kier alpha value is -2.32. The summed E-state index contributed by atoms with van der Waals surface area (Å²) in [6.07, 6.45) is 5.60. The smallest absolute Gasteiger partial charge is 0.262 e. The lowest BCUT2D eigenvalue weighted by Gasteiger charge is -2.11. The molecule has 6 nitrogen and oxygen atoms in total. The van der Waals surface area contributed by atoms with Gasteiger partial charge in [0, 0.05) is 30.0 Å². The van der Waals surface area contributed by atoms with Gasteiger partial charge in [0.1, 0.15) is 5.84 Å². The number of nitrogens with one attached hydrogen (secondary N) is 2. The van der Waals surface area contributed by atoms with Crippen molar-refractivity contribution in [2.45, 2.75) is 36.3 Å². The molecule has 0 atom stereocenters. The SMILES string of the molecule is CSCc1ccc(C(=O)Nc2cccc(S(=O)(=O)NC3=NCCCCC3)c2)cc1. The van der Waals surface area contributed by atoms with Crippen LogP contribution in [0.5, 0.6) is 0 Å². The third-order valence-corrected chi connectivity index (χ3v) is 6.56. The van der Waals surface area contributed by atoms with Gasteiger partial charge in [0.05, 0.1) is 4.90 Å². The monoisotopic (exact) mass is 431 g/mol. The van der Waals surface area contributed by atoms with Gasteiger partial charge in [0.2, 0.25) is 0 Å². The molecule has 8 heteroatoms. The van der Waals surface area contributed by atoms with Crippen LogP contribution in [0, 0.1) is 0 Å². The minimum Gasteiger partial charge on any atom is -0.322 e. The van der Waals surface area contributed by atoms with Crippen molar-refractivity contribution >= 4 is 39.2 Å². The summed E-state index contributed by atoms with van der Waals surface area (Å²) in [5, 5.41) is 2.77. The summed E-state index contributed by atoms with van der Waals surface area (Å²) in [6, 6.07) is 13.6. The lowest BCUT2D eigenvalue weighted by atomic mass is 10.1. The Bertz CT molecular complexity index is 986. The van der Waals surface area contributed by atoms with E-state index in [-0.39, 0.29) is 10.8 Å². The highest BCUT2D eigenvalue weighted by Crippen LogP contribution is 2.18. The van der Waals surface area contributed by atoms with Crippen molar-refractivity contribution in [3.8, 4) is 0 Å². The summed E-state index contributed by atoms with van der Waals surface area (Å²) >= 11 is 1.72. The topological polar surface area (TPSA) is 87.6 Å². The second-order valence-electron chi connectivity index (χ2n) is 6.86. The van der Waals surface area contributed by atoms with Gasteiger partial charge < -0.3 is 5.32 Å². The van der Waals surface area contributed by atoms with E-state index in [2.05, 4.69) is 15.0 Å². The number of amides is 1. The van der Waals surface area contributed by atoms with E-state index in [9.17, 15) is 13.2 Å². The molecule has 1 aliphatic rings. The van der Waals surface area contributed by atoms with Gasteiger partial charge in [0.15, 0.2) is 0 Å². The number of aliphatic imine (C=N–C) groups is 1. The highest BCUT2D eigenvalue weighted by Gasteiger charge is 2.18. The molecule has 0 aromatic heterocycles. The molecule has 2 aromatic carbocycles. The van der Waals surface area contributed by atoms with Crippen LogP contribution in [-0.2, 0) is 15.8 Å². The van der Waals surface area contributed by atoms with Crippen LogP contribution >= 0.6 is 11.8 Å². The molecule has 2 aromatic rings. The summed E-state index contributed by atoms with van der Waals surface area (Å²) in [6.45, 7) is 0.643. The summed E-state index contributed by atoms with van der Waals surface area (Å²) < 4.78 is 28.0. The molecular weight excluding hydrogens is 406 g/mol. The molecule has 0 saturated heterocycles. The molecule has 1 aliphatic heterocycles. The van der Waals surface area contributed by atoms with E-state index in [1.54, 1.807) is 36.0 Å². The predicted octanol–water partition coefficient (Wildman–Crippen LogP) is 4.05. The molecule has 29 heavy (non-hydrogen) atoms. The quantitative estimate of drug-likeness (QED) is 0.722. The summed E-state index contributed by atoms with van der Waals surface area (Å²) in [5.41, 5.74) is 2.09. The van der Waals surface area contributed by atoms with Crippen LogP contribution in [0.1, 0.15) is 41.6 Å². The highest BCUT2D eigenvalue weighted by molar-refractivity contribution is 7.97. The number of carbonyl (C=O) groups is 1. The number of hydrogen-bond acceptors (Lipinski definition) is 5. The number of amidine groups is 1. The van der Waals surface area contributed by atoms with Crippen LogP contribution in [0.4, 0.5) is 5.69 Å². The van der Waals surface area contributed by atoms with Gasteiger partial charge >= 0.3 is 0 Å². The second kappa shape index (κ2) is 9.93. The average Bonchev–Trinajstić information content (AvgIpc) is 2.97. The maximum Gasteiger partial charge on any atom is 0.262 e. The van der Waals surface area contributed by atoms with E-state index in [0.29, 0.717) is 30.1 Å². The maximum atomic E-state index is 12.7. The van der Waals surface area contributed by atoms with Gasteiger partial charge in [-0.3, -0.25) is 14.5 Å². The van der Waals surface area contributed by atoms with Crippen molar-refractivity contribution in [1.29, 1.82) is 0 Å². The minimum atomic E-state index is -3.75. The third-order valence-electron chi connectivity index (χ3n) is 4.56. The largest absolute Gasteiger partial charge is 0.322 e. The van der Waals surface area contributed by atoms with Gasteiger partial charge in [-0.2, -0.15) is 11.8 Å². The minimum absolute atomic E-state index is 0.0950. The van der Waals surface area contributed by atoms with Gasteiger partial charge in [-0.05, 0) is 55.0 Å². The van der Waals surface area contributed by atoms with E-state index in [1.165, 1.54) is 12.1 Å². The van der Waals surface area contributed by atoms with Gasteiger partial charge in [0.25, 0.3) is 15.9 Å². The number of benzene rings is 2. The van der Waals surface area contributed by atoms with Crippen molar-refractivity contribution in [3.63, 3.8) is 0 Å². The van der Waals surface area contributed by atoms with E-state index in [0.717, 1.165) is 30.6 Å². The van der Waals surface area contributed by atoms with Crippen LogP contribution < -0.4 is 10.0 Å². The molecule has 1 heterocycles. The average molecular weight is 432 g/mol. The first-order chi connectivity index (χ1) is 14.0. The highest BCUT2D eigenvalue weighted by atomic mass is 32.2. The Labute approximate surface area is 176 Å². The first kappa shape index (κ1) is 21.4. The zero-order valence-corrected chi connectivity index (χ0v) is 18.0. The van der Waals surface area contributed by atoms with Crippen molar-refractivity contribution in [3.05, 3.63) is 59.7 Å². The zero-order chi connectivity index (χ0) is 20.7. The Morgan fingerprint density at radius 2 is 1.90 bits per heavy atom. The molecule has 154 valence electrons. The normalized spacial score (nSPS) is 14.6. The number of anilines is 1. The number of rotatable bonds is 6. The predicted molar refractivity (Wildman–Crippen MR) is 119 cm³/mol. The maximum absolute atomic E-state index is 12.7. The number of sulfonamides is 1. The van der Waals surface area contributed by atoms with Crippen LogP contribution in [0.25, 0.3) is 0 Å². The fourth-order valence-electron chi connectivity index (χ4n) is 3.03. The summed E-state index contributed by atoms with van der Waals surface area (Å²) in [4.78, 5) is 16.9. The summed E-state index contributed by atoms with van der Waals surface area (Å²) in [5.74, 6) is 1.11. The van der Waals surface area contributed by atoms with E-state index >= 15 is 0 Å². The van der Waals surface area contributed by atoms with E-state index < -0.39 is 10.0 Å². The lowest BCUT2D eigenvalue weighted by molar-refractivity contribution is 0.102. The van der Waals surface area contributed by atoms with Crippen LogP contribution in [0.3, 0.4) is 0 Å². The first-order valence-electron chi connectivity index (χ1n) is 9.53. The van der Waals surface area contributed by atoms with Crippen molar-refractivity contribution in [2.75, 3.05) is 18.1 Å². The van der Waals surface area contributed by atoms with Gasteiger partial charge in [-0.1, -0.05) is 24.6 Å². The van der Waals surface area contributed by atoms with E-state index in [4.69, 9.17) is 0 Å². The molecule has 0 bridgehead atoms. The van der Waals surface area contributed by atoms with Crippen LogP contribution in [-0.4, -0.2) is 33.0 Å². The molecule has 0 fully saturated rings. The van der Waals surface area contributed by atoms with Crippen molar-refractivity contribution in [2.24, 2.45) is 4.99 Å². The number of thioether (sulfide) groups is 1. The zero-order valence-electron chi connectivity index (χ0n) is 16.3.